The number of hydrazone groups is 1. The lowest BCUT2D eigenvalue weighted by atomic mass is 9.97. The summed E-state index contributed by atoms with van der Waals surface area (Å²) in [6.07, 6.45) is 2.55. The van der Waals surface area contributed by atoms with Gasteiger partial charge in [0.2, 0.25) is 5.91 Å². The summed E-state index contributed by atoms with van der Waals surface area (Å²) in [4.78, 5) is 38.8. The van der Waals surface area contributed by atoms with E-state index in [1.807, 2.05) is 54.6 Å². The zero-order chi connectivity index (χ0) is 22.5. The van der Waals surface area contributed by atoms with Crippen molar-refractivity contribution in [2.24, 2.45) is 11.0 Å². The standard InChI is InChI=1S/C25H28N4O3/c1-28-23(30)14-13-22(27-28)25(32)29-15-5-6-18(17-29)16-26-24(31)21-11-9-20(10-12-21)19-7-3-2-4-8-19/h2-4,7-12,18H,5-6,13-17H2,1H3,(H,26,31)/t18-/m0/s1. The minimum absolute atomic E-state index is 0.0717. The van der Waals surface area contributed by atoms with Crippen molar-refractivity contribution in [3.63, 3.8) is 0 Å². The SMILES string of the molecule is CN1N=C(C(=O)N2CCC[C@@H](CNC(=O)c3ccc(-c4ccccc4)cc3)C2)CCC1=O. The van der Waals surface area contributed by atoms with Crippen LogP contribution in [-0.4, -0.2) is 60.0 Å². The van der Waals surface area contributed by atoms with Crippen molar-refractivity contribution in [3.8, 4) is 11.1 Å². The smallest absolute Gasteiger partial charge is 0.270 e. The Hall–Kier alpha value is -3.48. The zero-order valence-electron chi connectivity index (χ0n) is 18.3. The molecule has 0 spiro atoms. The Morgan fingerprint density at radius 2 is 1.75 bits per heavy atom. The van der Waals surface area contributed by atoms with Crippen molar-refractivity contribution < 1.29 is 14.4 Å². The largest absolute Gasteiger partial charge is 0.352 e. The Balaban J connectivity index is 1.31. The molecule has 1 saturated heterocycles. The molecule has 0 unspecified atom stereocenters. The minimum atomic E-state index is -0.107. The van der Waals surface area contributed by atoms with Gasteiger partial charge in [0, 0.05) is 45.1 Å². The van der Waals surface area contributed by atoms with Gasteiger partial charge in [-0.1, -0.05) is 42.5 Å². The molecule has 0 radical (unpaired) electrons. The number of piperidine rings is 1. The Labute approximate surface area is 188 Å². The van der Waals surface area contributed by atoms with Crippen molar-refractivity contribution in [2.75, 3.05) is 26.7 Å². The highest BCUT2D eigenvalue weighted by molar-refractivity contribution is 6.39. The lowest BCUT2D eigenvalue weighted by Crippen LogP contribution is -2.47. The maximum Gasteiger partial charge on any atom is 0.270 e. The number of rotatable bonds is 5. The number of carbonyl (C=O) groups is 3. The second-order valence-corrected chi connectivity index (χ2v) is 8.38. The molecule has 1 fully saturated rings. The van der Waals surface area contributed by atoms with E-state index in [-0.39, 0.29) is 23.6 Å². The molecule has 7 heteroatoms. The Morgan fingerprint density at radius 3 is 2.47 bits per heavy atom. The maximum absolute atomic E-state index is 12.8. The number of nitrogens with zero attached hydrogens (tertiary/aromatic N) is 3. The first-order chi connectivity index (χ1) is 15.5. The first-order valence-corrected chi connectivity index (χ1v) is 11.1. The molecule has 0 saturated carbocycles. The third kappa shape index (κ3) is 5.04. The molecule has 4 rings (SSSR count). The van der Waals surface area contributed by atoms with Gasteiger partial charge in [-0.15, -0.1) is 0 Å². The maximum atomic E-state index is 12.8. The van der Waals surface area contributed by atoms with E-state index < -0.39 is 0 Å². The molecule has 2 aliphatic heterocycles. The minimum Gasteiger partial charge on any atom is -0.352 e. The molecule has 1 atom stereocenters. The lowest BCUT2D eigenvalue weighted by molar-refractivity contribution is -0.131. The van der Waals surface area contributed by atoms with Crippen LogP contribution < -0.4 is 5.32 Å². The van der Waals surface area contributed by atoms with Gasteiger partial charge < -0.3 is 10.2 Å². The predicted molar refractivity (Wildman–Crippen MR) is 123 cm³/mol. The van der Waals surface area contributed by atoms with Crippen LogP contribution in [0, 0.1) is 5.92 Å². The normalized spacial score (nSPS) is 18.8. The van der Waals surface area contributed by atoms with Crippen molar-refractivity contribution in [1.29, 1.82) is 0 Å². The van der Waals surface area contributed by atoms with Gasteiger partial charge in [-0.25, -0.2) is 5.01 Å². The van der Waals surface area contributed by atoms with Crippen molar-refractivity contribution in [2.45, 2.75) is 25.7 Å². The Morgan fingerprint density at radius 1 is 1.03 bits per heavy atom. The summed E-state index contributed by atoms with van der Waals surface area (Å²) in [6, 6.07) is 17.6. The van der Waals surface area contributed by atoms with E-state index in [1.165, 1.54) is 5.01 Å². The van der Waals surface area contributed by atoms with E-state index in [0.29, 0.717) is 43.8 Å². The second-order valence-electron chi connectivity index (χ2n) is 8.38. The third-order valence-corrected chi connectivity index (χ3v) is 6.07. The van der Waals surface area contributed by atoms with Crippen LogP contribution in [0.5, 0.6) is 0 Å². The molecule has 0 aliphatic carbocycles. The first kappa shape index (κ1) is 21.7. The molecule has 2 heterocycles. The fraction of sp³-hybridized carbons (Fsp3) is 0.360. The molecule has 2 aromatic carbocycles. The van der Waals surface area contributed by atoms with Crippen molar-refractivity contribution in [3.05, 3.63) is 60.2 Å². The van der Waals surface area contributed by atoms with Crippen LogP contribution in [0.2, 0.25) is 0 Å². The monoisotopic (exact) mass is 432 g/mol. The second kappa shape index (κ2) is 9.77. The summed E-state index contributed by atoms with van der Waals surface area (Å²) < 4.78 is 0. The fourth-order valence-electron chi connectivity index (χ4n) is 4.21. The summed E-state index contributed by atoms with van der Waals surface area (Å²) in [5, 5.41) is 8.42. The van der Waals surface area contributed by atoms with E-state index in [9.17, 15) is 14.4 Å². The van der Waals surface area contributed by atoms with Gasteiger partial charge in [-0.3, -0.25) is 14.4 Å². The molecule has 2 aliphatic rings. The van der Waals surface area contributed by atoms with Gasteiger partial charge in [-0.2, -0.15) is 5.10 Å². The van der Waals surface area contributed by atoms with Gasteiger partial charge in [0.15, 0.2) is 0 Å². The van der Waals surface area contributed by atoms with Gasteiger partial charge in [0.25, 0.3) is 11.8 Å². The van der Waals surface area contributed by atoms with E-state index in [0.717, 1.165) is 24.0 Å². The molecule has 1 N–H and O–H groups in total. The molecule has 32 heavy (non-hydrogen) atoms. The van der Waals surface area contributed by atoms with Crippen LogP contribution >= 0.6 is 0 Å². The molecule has 0 bridgehead atoms. The zero-order valence-corrected chi connectivity index (χ0v) is 18.3. The average molecular weight is 433 g/mol. The molecule has 7 nitrogen and oxygen atoms in total. The lowest BCUT2D eigenvalue weighted by Gasteiger charge is -2.33. The summed E-state index contributed by atoms with van der Waals surface area (Å²) in [6.45, 7) is 1.79. The average Bonchev–Trinajstić information content (AvgIpc) is 2.84. The van der Waals surface area contributed by atoms with Gasteiger partial charge >= 0.3 is 0 Å². The van der Waals surface area contributed by atoms with Crippen LogP contribution in [-0.2, 0) is 9.59 Å². The van der Waals surface area contributed by atoms with E-state index in [2.05, 4.69) is 10.4 Å². The molecule has 3 amide bonds. The molecule has 166 valence electrons. The summed E-state index contributed by atoms with van der Waals surface area (Å²) in [5.41, 5.74) is 3.25. The van der Waals surface area contributed by atoms with Gasteiger partial charge in [0.1, 0.15) is 5.71 Å². The summed E-state index contributed by atoms with van der Waals surface area (Å²) in [5.74, 6) is -0.0805. The van der Waals surface area contributed by atoms with Crippen LogP contribution in [0.15, 0.2) is 59.7 Å². The number of benzene rings is 2. The van der Waals surface area contributed by atoms with Crippen LogP contribution in [0.3, 0.4) is 0 Å². The fourth-order valence-corrected chi connectivity index (χ4v) is 4.21. The van der Waals surface area contributed by atoms with Crippen LogP contribution in [0.4, 0.5) is 0 Å². The van der Waals surface area contributed by atoms with E-state index in [4.69, 9.17) is 0 Å². The van der Waals surface area contributed by atoms with E-state index >= 15 is 0 Å². The first-order valence-electron chi connectivity index (χ1n) is 11.1. The van der Waals surface area contributed by atoms with Gasteiger partial charge in [-0.05, 0) is 42.0 Å². The summed E-state index contributed by atoms with van der Waals surface area (Å²) in [7, 11) is 1.58. The van der Waals surface area contributed by atoms with Gasteiger partial charge in [0.05, 0.1) is 0 Å². The molecule has 0 aromatic heterocycles. The van der Waals surface area contributed by atoms with Crippen molar-refractivity contribution >= 4 is 23.4 Å². The van der Waals surface area contributed by atoms with Crippen LogP contribution in [0.1, 0.15) is 36.0 Å². The number of hydrogen-bond acceptors (Lipinski definition) is 4. The quantitative estimate of drug-likeness (QED) is 0.789. The Kier molecular flexibility index (Phi) is 6.63. The number of carbonyl (C=O) groups excluding carboxylic acids is 3. The number of amides is 3. The highest BCUT2D eigenvalue weighted by Gasteiger charge is 2.29. The molecular formula is C25H28N4O3. The van der Waals surface area contributed by atoms with E-state index in [1.54, 1.807) is 11.9 Å². The highest BCUT2D eigenvalue weighted by atomic mass is 16.2. The van der Waals surface area contributed by atoms with Crippen molar-refractivity contribution in [1.82, 2.24) is 15.2 Å². The highest BCUT2D eigenvalue weighted by Crippen LogP contribution is 2.20. The van der Waals surface area contributed by atoms with Crippen LogP contribution in [0.25, 0.3) is 11.1 Å². The molecular weight excluding hydrogens is 404 g/mol. The number of nitrogens with one attached hydrogen (secondary N) is 1. The topological polar surface area (TPSA) is 82.1 Å². The molecule has 2 aromatic rings. The number of likely N-dealkylation sites (tertiary alicyclic amines) is 1. The predicted octanol–water partition coefficient (Wildman–Crippen LogP) is 2.93. The number of hydrogen-bond donors (Lipinski definition) is 1. The summed E-state index contributed by atoms with van der Waals surface area (Å²) >= 11 is 0. The third-order valence-electron chi connectivity index (χ3n) is 6.07. The Bertz CT molecular complexity index is 1020.